The Kier molecular flexibility index (Phi) is 4.41. The zero-order chi connectivity index (χ0) is 18.8. The predicted molar refractivity (Wildman–Crippen MR) is 97.0 cm³/mol. The third kappa shape index (κ3) is 3.31. The quantitative estimate of drug-likeness (QED) is 0.743. The average molecular weight is 366 g/mol. The summed E-state index contributed by atoms with van der Waals surface area (Å²) in [5.74, 6) is 0.120. The number of carbonyl (C=O) groups excluding carboxylic acids is 1. The first-order chi connectivity index (χ1) is 13.2. The summed E-state index contributed by atoms with van der Waals surface area (Å²) in [6.45, 7) is 4.78. The summed E-state index contributed by atoms with van der Waals surface area (Å²) < 4.78 is 7.06. The molecule has 1 amide bonds. The van der Waals surface area contributed by atoms with Crippen LogP contribution in [-0.2, 0) is 16.2 Å². The highest BCUT2D eigenvalue weighted by molar-refractivity contribution is 6.06. The van der Waals surface area contributed by atoms with Gasteiger partial charge >= 0.3 is 0 Å². The highest BCUT2D eigenvalue weighted by atomic mass is 16.6. The molecule has 0 spiro atoms. The molecule has 0 saturated carbocycles. The van der Waals surface area contributed by atoms with Crippen molar-refractivity contribution in [1.82, 2.24) is 20.0 Å². The van der Waals surface area contributed by atoms with E-state index in [1.165, 1.54) is 6.39 Å². The Morgan fingerprint density at radius 2 is 2.30 bits per heavy atom. The van der Waals surface area contributed by atoms with Crippen LogP contribution in [0.5, 0.6) is 0 Å². The van der Waals surface area contributed by atoms with Crippen molar-refractivity contribution in [3.05, 3.63) is 48.1 Å². The van der Waals surface area contributed by atoms with Crippen LogP contribution in [0.4, 0.5) is 5.69 Å². The number of nitrogens with zero attached hydrogens (tertiary/aromatic N) is 5. The van der Waals surface area contributed by atoms with E-state index in [0.717, 1.165) is 29.1 Å². The van der Waals surface area contributed by atoms with Crippen LogP contribution in [0.25, 0.3) is 11.5 Å². The second-order valence-electron chi connectivity index (χ2n) is 6.11. The van der Waals surface area contributed by atoms with Crippen molar-refractivity contribution in [2.75, 3.05) is 5.32 Å². The summed E-state index contributed by atoms with van der Waals surface area (Å²) >= 11 is 0. The van der Waals surface area contributed by atoms with E-state index in [-0.39, 0.29) is 5.91 Å². The van der Waals surface area contributed by atoms with Crippen molar-refractivity contribution in [2.24, 2.45) is 5.16 Å². The number of anilines is 1. The molecule has 0 radical (unpaired) electrons. The van der Waals surface area contributed by atoms with Gasteiger partial charge in [0.25, 0.3) is 5.91 Å². The standard InChI is InChI=1S/C18H18N6O3/c1-3-24-11(2)14(9-20-24)15-8-16(27-23-15)17(25)21-13-6-4-5-12(7-13)18-22-19-10-26-18/h4-7,9-10,16H,3,8H2,1-2H3,(H,21,25)/t16-/m0/s1. The summed E-state index contributed by atoms with van der Waals surface area (Å²) in [6.07, 6.45) is 2.73. The van der Waals surface area contributed by atoms with E-state index < -0.39 is 6.10 Å². The molecular weight excluding hydrogens is 348 g/mol. The molecule has 1 N–H and O–H groups in total. The number of oxime groups is 1. The van der Waals surface area contributed by atoms with Crippen molar-refractivity contribution in [1.29, 1.82) is 0 Å². The fourth-order valence-corrected chi connectivity index (χ4v) is 2.98. The lowest BCUT2D eigenvalue weighted by Crippen LogP contribution is -2.28. The van der Waals surface area contributed by atoms with Gasteiger partial charge in [-0.2, -0.15) is 5.10 Å². The van der Waals surface area contributed by atoms with Crippen LogP contribution in [0.2, 0.25) is 0 Å². The van der Waals surface area contributed by atoms with E-state index in [4.69, 9.17) is 9.25 Å². The normalized spacial score (nSPS) is 16.1. The first kappa shape index (κ1) is 17.0. The van der Waals surface area contributed by atoms with Crippen LogP contribution in [0.3, 0.4) is 0 Å². The molecule has 4 rings (SSSR count). The molecule has 0 bridgehead atoms. The molecule has 0 aliphatic carbocycles. The monoisotopic (exact) mass is 366 g/mol. The Bertz CT molecular complexity index is 992. The third-order valence-corrected chi connectivity index (χ3v) is 4.41. The summed E-state index contributed by atoms with van der Waals surface area (Å²) in [4.78, 5) is 17.9. The van der Waals surface area contributed by atoms with Crippen molar-refractivity contribution < 1.29 is 14.0 Å². The number of hydrogen-bond donors (Lipinski definition) is 1. The minimum absolute atomic E-state index is 0.267. The van der Waals surface area contributed by atoms with E-state index in [1.54, 1.807) is 24.4 Å². The fourth-order valence-electron chi connectivity index (χ4n) is 2.98. The molecule has 1 aliphatic heterocycles. The molecule has 3 aromatic rings. The fraction of sp³-hybridized carbons (Fsp3) is 0.278. The maximum absolute atomic E-state index is 12.6. The lowest BCUT2D eigenvalue weighted by atomic mass is 10.1. The third-order valence-electron chi connectivity index (χ3n) is 4.41. The number of aromatic nitrogens is 4. The van der Waals surface area contributed by atoms with Gasteiger partial charge in [-0.15, -0.1) is 10.2 Å². The zero-order valence-corrected chi connectivity index (χ0v) is 14.9. The second-order valence-corrected chi connectivity index (χ2v) is 6.11. The lowest BCUT2D eigenvalue weighted by Gasteiger charge is -2.10. The number of carbonyl (C=O) groups is 1. The highest BCUT2D eigenvalue weighted by Gasteiger charge is 2.30. The number of hydrogen-bond acceptors (Lipinski definition) is 7. The zero-order valence-electron chi connectivity index (χ0n) is 14.9. The van der Waals surface area contributed by atoms with Gasteiger partial charge in [0, 0.05) is 35.5 Å². The molecule has 1 aromatic carbocycles. The van der Waals surface area contributed by atoms with Crippen molar-refractivity contribution >= 4 is 17.3 Å². The highest BCUT2D eigenvalue weighted by Crippen LogP contribution is 2.23. The molecule has 9 nitrogen and oxygen atoms in total. The van der Waals surface area contributed by atoms with Gasteiger partial charge in [-0.3, -0.25) is 9.48 Å². The van der Waals surface area contributed by atoms with Crippen LogP contribution in [0.1, 0.15) is 24.6 Å². The molecule has 2 aromatic heterocycles. The summed E-state index contributed by atoms with van der Waals surface area (Å²) in [7, 11) is 0. The molecule has 27 heavy (non-hydrogen) atoms. The lowest BCUT2D eigenvalue weighted by molar-refractivity contribution is -0.125. The summed E-state index contributed by atoms with van der Waals surface area (Å²) in [5, 5.41) is 18.8. The van der Waals surface area contributed by atoms with E-state index >= 15 is 0 Å². The SMILES string of the molecule is CCn1ncc(C2=NO[C@H](C(=O)Nc3cccc(-c4nnco4)c3)C2)c1C. The van der Waals surface area contributed by atoms with Gasteiger partial charge in [0.2, 0.25) is 18.4 Å². The molecule has 0 fully saturated rings. The van der Waals surface area contributed by atoms with E-state index in [1.807, 2.05) is 24.6 Å². The molecule has 9 heteroatoms. The van der Waals surface area contributed by atoms with Crippen LogP contribution < -0.4 is 5.32 Å². The number of aryl methyl sites for hydroxylation is 1. The molecule has 1 atom stereocenters. The van der Waals surface area contributed by atoms with Gasteiger partial charge in [-0.1, -0.05) is 11.2 Å². The average Bonchev–Trinajstić information content (AvgIpc) is 3.42. The first-order valence-electron chi connectivity index (χ1n) is 8.58. The van der Waals surface area contributed by atoms with Crippen molar-refractivity contribution in [3.8, 4) is 11.5 Å². The maximum atomic E-state index is 12.6. The van der Waals surface area contributed by atoms with Gasteiger partial charge < -0.3 is 14.6 Å². The second kappa shape index (κ2) is 7.02. The number of nitrogens with one attached hydrogen (secondary N) is 1. The topological polar surface area (TPSA) is 107 Å². The Morgan fingerprint density at radius 3 is 3.04 bits per heavy atom. The number of rotatable bonds is 5. The first-order valence-corrected chi connectivity index (χ1v) is 8.58. The van der Waals surface area contributed by atoms with Crippen LogP contribution in [0, 0.1) is 6.92 Å². The van der Waals surface area contributed by atoms with Crippen LogP contribution in [-0.4, -0.2) is 37.7 Å². The van der Waals surface area contributed by atoms with E-state index in [2.05, 4.69) is 25.8 Å². The van der Waals surface area contributed by atoms with Gasteiger partial charge in [-0.05, 0) is 32.0 Å². The Morgan fingerprint density at radius 1 is 1.41 bits per heavy atom. The molecule has 3 heterocycles. The molecule has 0 unspecified atom stereocenters. The van der Waals surface area contributed by atoms with Crippen LogP contribution >= 0.6 is 0 Å². The van der Waals surface area contributed by atoms with Gasteiger partial charge in [-0.25, -0.2) is 0 Å². The van der Waals surface area contributed by atoms with E-state index in [0.29, 0.717) is 18.0 Å². The Labute approximate surface area is 155 Å². The summed E-state index contributed by atoms with van der Waals surface area (Å²) in [6, 6.07) is 7.17. The van der Waals surface area contributed by atoms with Crippen molar-refractivity contribution in [3.63, 3.8) is 0 Å². The number of amides is 1. The van der Waals surface area contributed by atoms with Crippen molar-refractivity contribution in [2.45, 2.75) is 32.9 Å². The smallest absolute Gasteiger partial charge is 0.268 e. The molecule has 0 saturated heterocycles. The van der Waals surface area contributed by atoms with Crippen LogP contribution in [0.15, 0.2) is 46.4 Å². The number of benzene rings is 1. The van der Waals surface area contributed by atoms with E-state index in [9.17, 15) is 4.79 Å². The van der Waals surface area contributed by atoms with Gasteiger partial charge in [0.05, 0.1) is 11.9 Å². The minimum atomic E-state index is -0.684. The van der Waals surface area contributed by atoms with Gasteiger partial charge in [0.1, 0.15) is 0 Å². The minimum Gasteiger partial charge on any atom is -0.423 e. The van der Waals surface area contributed by atoms with Gasteiger partial charge in [0.15, 0.2) is 0 Å². The maximum Gasteiger partial charge on any atom is 0.268 e. The Hall–Kier alpha value is -3.49. The molecular formula is C18H18N6O3. The molecule has 138 valence electrons. The predicted octanol–water partition coefficient (Wildman–Crippen LogP) is 2.39. The summed E-state index contributed by atoms with van der Waals surface area (Å²) in [5.41, 5.74) is 3.98. The largest absolute Gasteiger partial charge is 0.423 e. The molecule has 1 aliphatic rings. The Balaban J connectivity index is 1.43.